The van der Waals surface area contributed by atoms with E-state index in [1.165, 1.54) is 0 Å². The van der Waals surface area contributed by atoms with Crippen LogP contribution in [0.3, 0.4) is 0 Å². The number of nitrogens with one attached hydrogen (secondary N) is 2. The van der Waals surface area contributed by atoms with Crippen LogP contribution < -0.4 is 20.1 Å². The van der Waals surface area contributed by atoms with Crippen molar-refractivity contribution in [2.45, 2.75) is 6.42 Å². The van der Waals surface area contributed by atoms with Crippen molar-refractivity contribution >= 4 is 23.1 Å². The molecule has 1 aromatic heterocycles. The Labute approximate surface area is 135 Å². The lowest BCUT2D eigenvalue weighted by atomic mass is 10.1. The van der Waals surface area contributed by atoms with Crippen molar-refractivity contribution < 1.29 is 9.47 Å². The van der Waals surface area contributed by atoms with Gasteiger partial charge in [0.25, 0.3) is 0 Å². The fraction of sp³-hybridized carbons (Fsp3) is 0.333. The molecule has 6 nitrogen and oxygen atoms in total. The molecule has 0 unspecified atom stereocenters. The Morgan fingerprint density at radius 2 is 2.00 bits per heavy atom. The Kier molecular flexibility index (Phi) is 5.60. The predicted octanol–water partition coefficient (Wildman–Crippen LogP) is 1.97. The second-order valence-corrected chi connectivity index (χ2v) is 5.10. The van der Waals surface area contributed by atoms with Crippen LogP contribution >= 0.6 is 12.2 Å². The highest BCUT2D eigenvalue weighted by molar-refractivity contribution is 7.80. The first kappa shape index (κ1) is 16.1. The molecule has 0 saturated heterocycles. The summed E-state index contributed by atoms with van der Waals surface area (Å²) in [6.07, 6.45) is 2.68. The minimum absolute atomic E-state index is 0.555. The SMILES string of the molecule is COc1ccc(CCNC(=S)Nc2ccn(C)n2)cc1OC. The molecule has 0 atom stereocenters. The third kappa shape index (κ3) is 4.36. The van der Waals surface area contributed by atoms with Crippen LogP contribution in [0.5, 0.6) is 11.5 Å². The maximum atomic E-state index is 5.29. The topological polar surface area (TPSA) is 60.3 Å². The van der Waals surface area contributed by atoms with E-state index in [1.807, 2.05) is 37.5 Å². The van der Waals surface area contributed by atoms with Crippen molar-refractivity contribution in [1.82, 2.24) is 15.1 Å². The summed E-state index contributed by atoms with van der Waals surface area (Å²) in [4.78, 5) is 0. The number of nitrogens with zero attached hydrogens (tertiary/aromatic N) is 2. The molecule has 0 spiro atoms. The highest BCUT2D eigenvalue weighted by Crippen LogP contribution is 2.27. The number of aromatic nitrogens is 2. The predicted molar refractivity (Wildman–Crippen MR) is 90.7 cm³/mol. The van der Waals surface area contributed by atoms with E-state index in [4.69, 9.17) is 21.7 Å². The number of methoxy groups -OCH3 is 2. The van der Waals surface area contributed by atoms with Gasteiger partial charge in [-0.1, -0.05) is 6.07 Å². The Balaban J connectivity index is 1.82. The van der Waals surface area contributed by atoms with E-state index >= 15 is 0 Å². The van der Waals surface area contributed by atoms with Gasteiger partial charge in [-0.25, -0.2) is 0 Å². The number of benzene rings is 1. The van der Waals surface area contributed by atoms with Crippen LogP contribution in [0.4, 0.5) is 5.82 Å². The van der Waals surface area contributed by atoms with Crippen molar-refractivity contribution in [3.8, 4) is 11.5 Å². The van der Waals surface area contributed by atoms with Crippen molar-refractivity contribution in [1.29, 1.82) is 0 Å². The van der Waals surface area contributed by atoms with Gasteiger partial charge in [0.05, 0.1) is 14.2 Å². The summed E-state index contributed by atoms with van der Waals surface area (Å²) in [5.74, 6) is 2.19. The molecule has 2 aromatic rings. The zero-order valence-corrected chi connectivity index (χ0v) is 13.7. The number of hydrogen-bond acceptors (Lipinski definition) is 4. The molecule has 0 bridgehead atoms. The summed E-state index contributed by atoms with van der Waals surface area (Å²) in [5.41, 5.74) is 1.14. The molecular formula is C15H20N4O2S. The summed E-state index contributed by atoms with van der Waals surface area (Å²) in [7, 11) is 5.12. The highest BCUT2D eigenvalue weighted by atomic mass is 32.1. The number of ether oxygens (including phenoxy) is 2. The van der Waals surface area contributed by atoms with Crippen LogP contribution in [0, 0.1) is 0 Å². The third-order valence-corrected chi connectivity index (χ3v) is 3.35. The van der Waals surface area contributed by atoms with Gasteiger partial charge in [0.2, 0.25) is 0 Å². The maximum absolute atomic E-state index is 5.29. The molecule has 0 radical (unpaired) electrons. The zero-order valence-electron chi connectivity index (χ0n) is 12.9. The largest absolute Gasteiger partial charge is 0.493 e. The summed E-state index contributed by atoms with van der Waals surface area (Å²) < 4.78 is 12.2. The van der Waals surface area contributed by atoms with Crippen LogP contribution in [0.25, 0.3) is 0 Å². The standard InChI is InChI=1S/C15H20N4O2S/c1-19-9-7-14(18-19)17-15(22)16-8-6-11-4-5-12(20-2)13(10-11)21-3/h4-5,7,9-10H,6,8H2,1-3H3,(H2,16,17,18,22). The van der Waals surface area contributed by atoms with E-state index in [0.717, 1.165) is 29.3 Å². The Hall–Kier alpha value is -2.28. The van der Waals surface area contributed by atoms with E-state index < -0.39 is 0 Å². The first-order valence-corrected chi connectivity index (χ1v) is 7.28. The fourth-order valence-corrected chi connectivity index (χ4v) is 2.21. The van der Waals surface area contributed by atoms with Crippen LogP contribution in [0.1, 0.15) is 5.56 Å². The molecule has 1 heterocycles. The first-order valence-electron chi connectivity index (χ1n) is 6.88. The Morgan fingerprint density at radius 3 is 2.64 bits per heavy atom. The van der Waals surface area contributed by atoms with E-state index in [9.17, 15) is 0 Å². The zero-order chi connectivity index (χ0) is 15.9. The monoisotopic (exact) mass is 320 g/mol. The lowest BCUT2D eigenvalue weighted by Gasteiger charge is -2.11. The molecule has 0 amide bonds. The minimum Gasteiger partial charge on any atom is -0.493 e. The average Bonchev–Trinajstić information content (AvgIpc) is 2.92. The molecule has 1 aromatic carbocycles. The molecule has 2 rings (SSSR count). The number of rotatable bonds is 6. The van der Waals surface area contributed by atoms with Crippen molar-refractivity contribution in [2.75, 3.05) is 26.1 Å². The second-order valence-electron chi connectivity index (χ2n) is 4.69. The molecule has 0 saturated carbocycles. The van der Waals surface area contributed by atoms with Gasteiger partial charge in [0.15, 0.2) is 22.4 Å². The van der Waals surface area contributed by atoms with Crippen LogP contribution in [-0.4, -0.2) is 35.7 Å². The summed E-state index contributed by atoms with van der Waals surface area (Å²) in [6, 6.07) is 7.74. The van der Waals surface area contributed by atoms with Gasteiger partial charge in [0.1, 0.15) is 0 Å². The lowest BCUT2D eigenvalue weighted by molar-refractivity contribution is 0.354. The molecule has 7 heteroatoms. The molecular weight excluding hydrogens is 300 g/mol. The number of anilines is 1. The van der Waals surface area contributed by atoms with E-state index in [1.54, 1.807) is 18.9 Å². The third-order valence-electron chi connectivity index (χ3n) is 3.10. The van der Waals surface area contributed by atoms with Gasteiger partial charge < -0.3 is 20.1 Å². The summed E-state index contributed by atoms with van der Waals surface area (Å²) >= 11 is 5.23. The molecule has 0 aliphatic rings. The van der Waals surface area contributed by atoms with Gasteiger partial charge in [-0.15, -0.1) is 0 Å². The van der Waals surface area contributed by atoms with Gasteiger partial charge in [-0.3, -0.25) is 4.68 Å². The molecule has 0 fully saturated rings. The van der Waals surface area contributed by atoms with Crippen molar-refractivity contribution in [2.24, 2.45) is 7.05 Å². The second kappa shape index (κ2) is 7.65. The van der Waals surface area contributed by atoms with E-state index in [0.29, 0.717) is 11.7 Å². The summed E-state index contributed by atoms with van der Waals surface area (Å²) in [6.45, 7) is 0.716. The van der Waals surface area contributed by atoms with Gasteiger partial charge in [0, 0.05) is 25.9 Å². The fourth-order valence-electron chi connectivity index (χ4n) is 2.00. The van der Waals surface area contributed by atoms with Crippen LogP contribution in [-0.2, 0) is 13.5 Å². The number of thiocarbonyl (C=S) groups is 1. The average molecular weight is 320 g/mol. The van der Waals surface area contributed by atoms with E-state index in [-0.39, 0.29) is 0 Å². The van der Waals surface area contributed by atoms with Gasteiger partial charge >= 0.3 is 0 Å². The lowest BCUT2D eigenvalue weighted by Crippen LogP contribution is -2.30. The Morgan fingerprint density at radius 1 is 1.23 bits per heavy atom. The summed E-state index contributed by atoms with van der Waals surface area (Å²) in [5, 5.41) is 10.9. The highest BCUT2D eigenvalue weighted by Gasteiger charge is 2.05. The van der Waals surface area contributed by atoms with Crippen LogP contribution in [0.15, 0.2) is 30.5 Å². The minimum atomic E-state index is 0.555. The molecule has 2 N–H and O–H groups in total. The first-order chi connectivity index (χ1) is 10.6. The maximum Gasteiger partial charge on any atom is 0.172 e. The van der Waals surface area contributed by atoms with Crippen molar-refractivity contribution in [3.63, 3.8) is 0 Å². The number of aryl methyl sites for hydroxylation is 1. The quantitative estimate of drug-likeness (QED) is 0.794. The van der Waals surface area contributed by atoms with E-state index in [2.05, 4.69) is 15.7 Å². The molecule has 0 aliphatic heterocycles. The molecule has 118 valence electrons. The van der Waals surface area contributed by atoms with Gasteiger partial charge in [-0.2, -0.15) is 5.10 Å². The van der Waals surface area contributed by atoms with Crippen molar-refractivity contribution in [3.05, 3.63) is 36.0 Å². The molecule has 22 heavy (non-hydrogen) atoms. The van der Waals surface area contributed by atoms with Gasteiger partial charge in [-0.05, 0) is 36.3 Å². The normalized spacial score (nSPS) is 10.1. The smallest absolute Gasteiger partial charge is 0.172 e. The Bertz CT molecular complexity index is 642. The molecule has 0 aliphatic carbocycles. The number of hydrogen-bond donors (Lipinski definition) is 2. The van der Waals surface area contributed by atoms with Crippen LogP contribution in [0.2, 0.25) is 0 Å².